The van der Waals surface area contributed by atoms with Gasteiger partial charge < -0.3 is 15.1 Å². The number of likely N-dealkylation sites (tertiary alicyclic amines) is 1. The fourth-order valence-corrected chi connectivity index (χ4v) is 5.61. The number of hydrogen-bond acceptors (Lipinski definition) is 4. The van der Waals surface area contributed by atoms with Gasteiger partial charge in [0, 0.05) is 18.8 Å². The molecule has 0 aliphatic carbocycles. The quantitative estimate of drug-likeness (QED) is 0.221. The van der Waals surface area contributed by atoms with Crippen LogP contribution in [-0.2, 0) is 4.79 Å². The van der Waals surface area contributed by atoms with Crippen molar-refractivity contribution in [2.45, 2.75) is 38.6 Å². The Morgan fingerprint density at radius 2 is 1.83 bits per heavy atom. The van der Waals surface area contributed by atoms with Crippen molar-refractivity contribution in [1.82, 2.24) is 14.8 Å². The summed E-state index contributed by atoms with van der Waals surface area (Å²) in [7, 11) is 4.06. The molecule has 41 heavy (non-hydrogen) atoms. The second-order valence-electron chi connectivity index (χ2n) is 10.6. The standard InChI is InChI=1S/C35H40N4OS/c1-6-8-11-26(7-2)33(34(40)37-32-12-9-10-21-36-32)39(5)35(41)31-24-30(14-13-25(31)3)28-17-15-27(16-18-28)29-19-22-38(4)23-20-29/h6-18,21,24,29,33H,2,19-20,22-23H2,1,3-5H3,(H,36,37,40)/b8-6-,26-11+. The number of aromatic nitrogens is 1. The largest absolute Gasteiger partial charge is 0.350 e. The van der Waals surface area contributed by atoms with Crippen molar-refractivity contribution in [3.63, 3.8) is 0 Å². The molecule has 1 N–H and O–H groups in total. The van der Waals surface area contributed by atoms with Gasteiger partial charge in [-0.05, 0) is 98.8 Å². The molecule has 1 saturated heterocycles. The molecule has 2 aromatic carbocycles. The lowest BCUT2D eigenvalue weighted by atomic mass is 9.88. The molecule has 1 aliphatic heterocycles. The van der Waals surface area contributed by atoms with Gasteiger partial charge in [-0.1, -0.05) is 85.6 Å². The molecule has 0 saturated carbocycles. The zero-order chi connectivity index (χ0) is 29.4. The molecule has 212 valence electrons. The zero-order valence-electron chi connectivity index (χ0n) is 24.5. The minimum Gasteiger partial charge on any atom is -0.350 e. The van der Waals surface area contributed by atoms with Gasteiger partial charge in [-0.3, -0.25) is 4.79 Å². The van der Waals surface area contributed by atoms with E-state index in [2.05, 4.69) is 78.2 Å². The maximum Gasteiger partial charge on any atom is 0.252 e. The van der Waals surface area contributed by atoms with Crippen LogP contribution in [0.15, 0.2) is 103 Å². The molecule has 2 heterocycles. The molecular formula is C35H40N4OS. The Morgan fingerprint density at radius 1 is 1.12 bits per heavy atom. The SMILES string of the molecule is C=C/C(=C\C=C/C)C(C(=O)Nc1ccccn1)N(C)C(=S)c1cc(-c2ccc(C3CCN(C)CC3)cc2)ccc1C. The van der Waals surface area contributed by atoms with Crippen LogP contribution in [0.4, 0.5) is 5.82 Å². The summed E-state index contributed by atoms with van der Waals surface area (Å²) in [5, 5.41) is 2.94. The zero-order valence-corrected chi connectivity index (χ0v) is 25.3. The van der Waals surface area contributed by atoms with Gasteiger partial charge in [-0.25, -0.2) is 4.98 Å². The maximum absolute atomic E-state index is 13.6. The molecule has 0 spiro atoms. The number of amides is 1. The molecule has 1 aliphatic rings. The monoisotopic (exact) mass is 564 g/mol. The highest BCUT2D eigenvalue weighted by Crippen LogP contribution is 2.31. The molecule has 1 atom stereocenters. The Kier molecular flexibility index (Phi) is 10.4. The minimum atomic E-state index is -0.699. The number of anilines is 1. The van der Waals surface area contributed by atoms with Gasteiger partial charge in [-0.2, -0.15) is 0 Å². The molecule has 5 nitrogen and oxygen atoms in total. The first-order valence-corrected chi connectivity index (χ1v) is 14.6. The number of carbonyl (C=O) groups excluding carboxylic acids is 1. The number of aryl methyl sites for hydroxylation is 1. The van der Waals surface area contributed by atoms with Crippen molar-refractivity contribution >= 4 is 28.9 Å². The summed E-state index contributed by atoms with van der Waals surface area (Å²) >= 11 is 6.04. The summed E-state index contributed by atoms with van der Waals surface area (Å²) in [6, 6.07) is 20.1. The number of benzene rings is 2. The van der Waals surface area contributed by atoms with Crippen LogP contribution in [0.1, 0.15) is 42.4 Å². The number of pyridine rings is 1. The second kappa shape index (κ2) is 14.2. The van der Waals surface area contributed by atoms with E-state index in [0.29, 0.717) is 16.7 Å². The van der Waals surface area contributed by atoms with Crippen molar-refractivity contribution < 1.29 is 4.79 Å². The van der Waals surface area contributed by atoms with Crippen molar-refractivity contribution in [2.24, 2.45) is 0 Å². The minimum absolute atomic E-state index is 0.234. The average Bonchev–Trinajstić information content (AvgIpc) is 3.00. The van der Waals surface area contributed by atoms with Crippen LogP contribution in [-0.4, -0.2) is 58.9 Å². The fraction of sp³-hybridized carbons (Fsp3) is 0.286. The number of piperidine rings is 1. The number of carbonyl (C=O) groups is 1. The highest BCUT2D eigenvalue weighted by Gasteiger charge is 2.29. The van der Waals surface area contributed by atoms with Gasteiger partial charge >= 0.3 is 0 Å². The van der Waals surface area contributed by atoms with Crippen molar-refractivity contribution in [3.05, 3.63) is 120 Å². The van der Waals surface area contributed by atoms with Gasteiger partial charge in [0.25, 0.3) is 5.91 Å². The van der Waals surface area contributed by atoms with Crippen molar-refractivity contribution in [2.75, 3.05) is 32.5 Å². The van der Waals surface area contributed by atoms with E-state index in [1.807, 2.05) is 49.2 Å². The smallest absolute Gasteiger partial charge is 0.252 e. The number of nitrogens with zero attached hydrogens (tertiary/aromatic N) is 3. The summed E-state index contributed by atoms with van der Waals surface area (Å²) < 4.78 is 0. The summed E-state index contributed by atoms with van der Waals surface area (Å²) in [5.74, 6) is 0.875. The molecule has 1 amide bonds. The van der Waals surface area contributed by atoms with E-state index in [1.165, 1.54) is 18.4 Å². The van der Waals surface area contributed by atoms with E-state index in [1.54, 1.807) is 18.3 Å². The Hall–Kier alpha value is -3.87. The van der Waals surface area contributed by atoms with Crippen LogP contribution >= 0.6 is 12.2 Å². The third-order valence-electron chi connectivity index (χ3n) is 7.81. The van der Waals surface area contributed by atoms with E-state index in [0.717, 1.165) is 40.9 Å². The van der Waals surface area contributed by atoms with Crippen LogP contribution in [0.3, 0.4) is 0 Å². The van der Waals surface area contributed by atoms with Gasteiger partial charge in [-0.15, -0.1) is 0 Å². The number of hydrogen-bond donors (Lipinski definition) is 1. The maximum atomic E-state index is 13.6. The number of nitrogens with one attached hydrogen (secondary N) is 1. The molecule has 1 fully saturated rings. The number of allylic oxidation sites excluding steroid dienone is 3. The van der Waals surface area contributed by atoms with E-state index >= 15 is 0 Å². The first-order chi connectivity index (χ1) is 19.8. The second-order valence-corrected chi connectivity index (χ2v) is 11.0. The normalized spacial score (nSPS) is 15.5. The van der Waals surface area contributed by atoms with Crippen LogP contribution in [0.2, 0.25) is 0 Å². The molecule has 0 radical (unpaired) electrons. The fourth-order valence-electron chi connectivity index (χ4n) is 5.29. The summed E-state index contributed by atoms with van der Waals surface area (Å²) in [6.45, 7) is 10.3. The molecular weight excluding hydrogens is 524 g/mol. The van der Waals surface area contributed by atoms with Gasteiger partial charge in [0.2, 0.25) is 0 Å². The van der Waals surface area contributed by atoms with Crippen LogP contribution in [0.5, 0.6) is 0 Å². The van der Waals surface area contributed by atoms with Gasteiger partial charge in [0.05, 0.1) is 0 Å². The first-order valence-electron chi connectivity index (χ1n) is 14.2. The van der Waals surface area contributed by atoms with Gasteiger partial charge in [0.1, 0.15) is 16.8 Å². The molecule has 4 rings (SSSR count). The Morgan fingerprint density at radius 3 is 2.46 bits per heavy atom. The highest BCUT2D eigenvalue weighted by atomic mass is 32.1. The van der Waals surface area contributed by atoms with E-state index in [-0.39, 0.29) is 5.91 Å². The van der Waals surface area contributed by atoms with E-state index < -0.39 is 6.04 Å². The molecule has 3 aromatic rings. The Bertz CT molecular complexity index is 1420. The van der Waals surface area contributed by atoms with Crippen LogP contribution in [0.25, 0.3) is 11.1 Å². The summed E-state index contributed by atoms with van der Waals surface area (Å²) in [6.07, 6.45) is 11.5. The number of likely N-dealkylation sites (N-methyl/N-ethyl adjacent to an activating group) is 1. The van der Waals surface area contributed by atoms with Crippen LogP contribution in [0, 0.1) is 6.92 Å². The first kappa shape index (κ1) is 30.1. The Balaban J connectivity index is 1.61. The molecule has 6 heteroatoms. The van der Waals surface area contributed by atoms with Crippen molar-refractivity contribution in [1.29, 1.82) is 0 Å². The van der Waals surface area contributed by atoms with Crippen molar-refractivity contribution in [3.8, 4) is 11.1 Å². The summed E-state index contributed by atoms with van der Waals surface area (Å²) in [5.41, 5.74) is 6.37. The average molecular weight is 565 g/mol. The van der Waals surface area contributed by atoms with E-state index in [9.17, 15) is 4.79 Å². The highest BCUT2D eigenvalue weighted by molar-refractivity contribution is 7.80. The summed E-state index contributed by atoms with van der Waals surface area (Å²) in [4.78, 5) is 22.7. The molecule has 1 unspecified atom stereocenters. The van der Waals surface area contributed by atoms with Gasteiger partial charge in [0.15, 0.2) is 0 Å². The molecule has 0 bridgehead atoms. The lowest BCUT2D eigenvalue weighted by Crippen LogP contribution is -2.46. The third-order valence-corrected chi connectivity index (χ3v) is 8.31. The third kappa shape index (κ3) is 7.46. The lowest BCUT2D eigenvalue weighted by Gasteiger charge is -2.31. The lowest BCUT2D eigenvalue weighted by molar-refractivity contribution is -0.118. The Labute approximate surface area is 250 Å². The predicted octanol–water partition coefficient (Wildman–Crippen LogP) is 7.17. The molecule has 1 aromatic heterocycles. The van der Waals surface area contributed by atoms with Crippen LogP contribution < -0.4 is 5.32 Å². The number of rotatable bonds is 9. The topological polar surface area (TPSA) is 48.5 Å². The predicted molar refractivity (Wildman–Crippen MR) is 175 cm³/mol. The van der Waals surface area contributed by atoms with E-state index in [4.69, 9.17) is 12.2 Å². The number of thiocarbonyl (C=S) groups is 1.